The van der Waals surface area contributed by atoms with Crippen molar-refractivity contribution in [2.24, 2.45) is 5.92 Å². The molecular weight excluding hydrogens is 402 g/mol. The molecule has 0 saturated carbocycles. The molecule has 0 unspecified atom stereocenters. The lowest BCUT2D eigenvalue weighted by atomic mass is 9.94. The first-order chi connectivity index (χ1) is 15.2. The molecule has 0 bridgehead atoms. The Kier molecular flexibility index (Phi) is 7.60. The number of aromatic nitrogens is 1. The van der Waals surface area contributed by atoms with E-state index in [2.05, 4.69) is 46.9 Å². The summed E-state index contributed by atoms with van der Waals surface area (Å²) in [6.07, 6.45) is 3.80. The van der Waals surface area contributed by atoms with Gasteiger partial charge in [0.1, 0.15) is 11.8 Å². The topological polar surface area (TPSA) is 84.4 Å². The van der Waals surface area contributed by atoms with E-state index in [1.807, 2.05) is 32.3 Å². The fraction of sp³-hybridized carbons (Fsp3) is 0.520. The van der Waals surface area contributed by atoms with Gasteiger partial charge in [-0.2, -0.15) is 5.26 Å². The number of nitrogens with zero attached hydrogens (tertiary/aromatic N) is 3. The number of carbonyl (C=O) groups excluding carboxylic acids is 1. The van der Waals surface area contributed by atoms with Crippen LogP contribution in [0.2, 0.25) is 0 Å². The van der Waals surface area contributed by atoms with E-state index in [0.717, 1.165) is 49.4 Å². The number of anilines is 2. The Morgan fingerprint density at radius 1 is 1.31 bits per heavy atom. The lowest BCUT2D eigenvalue weighted by Crippen LogP contribution is -2.34. The Morgan fingerprint density at radius 3 is 2.66 bits per heavy atom. The van der Waals surface area contributed by atoms with Gasteiger partial charge in [-0.3, -0.25) is 4.79 Å². The number of nitriles is 1. The zero-order chi connectivity index (χ0) is 23.3. The number of hydrogen-bond donors (Lipinski definition) is 2. The van der Waals surface area contributed by atoms with Gasteiger partial charge >= 0.3 is 0 Å². The van der Waals surface area contributed by atoms with Gasteiger partial charge < -0.3 is 24.8 Å². The molecule has 2 aromatic rings. The van der Waals surface area contributed by atoms with Crippen molar-refractivity contribution < 1.29 is 9.53 Å². The zero-order valence-corrected chi connectivity index (χ0v) is 19.9. The van der Waals surface area contributed by atoms with E-state index in [9.17, 15) is 4.79 Å². The molecule has 0 spiro atoms. The minimum absolute atomic E-state index is 0.257. The molecule has 0 atom stereocenters. The number of aromatic amines is 1. The van der Waals surface area contributed by atoms with Crippen LogP contribution in [0.4, 0.5) is 11.4 Å². The number of piperidine rings is 1. The molecule has 7 heteroatoms. The highest BCUT2D eigenvalue weighted by atomic mass is 16.5. The molecule has 1 amide bonds. The number of likely N-dealkylation sites (N-methyl/N-ethyl adjacent to an activating group) is 1. The third-order valence-electron chi connectivity index (χ3n) is 6.12. The summed E-state index contributed by atoms with van der Waals surface area (Å²) in [5.74, 6) is 0.453. The number of benzene rings is 1. The molecule has 2 N–H and O–H groups in total. The molecule has 1 aromatic carbocycles. The smallest absolute Gasteiger partial charge is 0.272 e. The molecule has 172 valence electrons. The number of amides is 1. The van der Waals surface area contributed by atoms with Gasteiger partial charge in [0, 0.05) is 25.8 Å². The summed E-state index contributed by atoms with van der Waals surface area (Å²) in [4.78, 5) is 20.2. The van der Waals surface area contributed by atoms with Crippen LogP contribution in [0.1, 0.15) is 55.2 Å². The second-order valence-corrected chi connectivity index (χ2v) is 9.43. The number of nitrogens with one attached hydrogen (secondary N) is 2. The molecular formula is C25H35N5O2. The molecule has 1 aliphatic heterocycles. The van der Waals surface area contributed by atoms with Gasteiger partial charge in [-0.15, -0.1) is 0 Å². The van der Waals surface area contributed by atoms with Crippen LogP contribution < -0.4 is 10.2 Å². The SMILES string of the molecule is CC1CCN(c2cc(C(C)(C)OCCN(C)C)ccc2NC(=O)c2cc(C#N)c[nH]2)CC1. The maximum atomic E-state index is 12.8. The summed E-state index contributed by atoms with van der Waals surface area (Å²) in [5.41, 5.74) is 3.22. The van der Waals surface area contributed by atoms with E-state index >= 15 is 0 Å². The summed E-state index contributed by atoms with van der Waals surface area (Å²) in [6.45, 7) is 9.86. The molecule has 0 aliphatic carbocycles. The predicted octanol–water partition coefficient (Wildman–Crippen LogP) is 4.19. The summed E-state index contributed by atoms with van der Waals surface area (Å²) in [6, 6.07) is 9.75. The standard InChI is InChI=1S/C25H35N5O2/c1-18-8-10-30(11-9-18)23-15-20(25(2,3)32-13-12-29(4)5)6-7-21(23)28-24(31)22-14-19(16-26)17-27-22/h6-7,14-15,17-18,27H,8-13H2,1-5H3,(H,28,31). The first-order valence-corrected chi connectivity index (χ1v) is 11.3. The van der Waals surface area contributed by atoms with Gasteiger partial charge in [0.2, 0.25) is 0 Å². The van der Waals surface area contributed by atoms with Crippen LogP contribution in [-0.2, 0) is 10.3 Å². The summed E-state index contributed by atoms with van der Waals surface area (Å²) in [7, 11) is 4.07. The van der Waals surface area contributed by atoms with Crippen molar-refractivity contribution in [3.8, 4) is 6.07 Å². The Labute approximate surface area is 191 Å². The summed E-state index contributed by atoms with van der Waals surface area (Å²) >= 11 is 0. The first-order valence-electron chi connectivity index (χ1n) is 11.3. The average Bonchev–Trinajstić information content (AvgIpc) is 3.24. The number of hydrogen-bond acceptors (Lipinski definition) is 5. The number of ether oxygens (including phenoxy) is 1. The quantitative estimate of drug-likeness (QED) is 0.647. The molecule has 32 heavy (non-hydrogen) atoms. The van der Waals surface area contributed by atoms with Crippen molar-refractivity contribution >= 4 is 17.3 Å². The second kappa shape index (κ2) is 10.2. The van der Waals surface area contributed by atoms with Crippen LogP contribution in [0.5, 0.6) is 0 Å². The van der Waals surface area contributed by atoms with E-state index in [-0.39, 0.29) is 5.91 Å². The highest BCUT2D eigenvalue weighted by Crippen LogP contribution is 2.35. The zero-order valence-electron chi connectivity index (χ0n) is 19.9. The molecule has 1 saturated heterocycles. The minimum Gasteiger partial charge on any atom is -0.370 e. The van der Waals surface area contributed by atoms with Gasteiger partial charge in [0.25, 0.3) is 5.91 Å². The molecule has 2 heterocycles. The maximum Gasteiger partial charge on any atom is 0.272 e. The van der Waals surface area contributed by atoms with Crippen molar-refractivity contribution in [1.29, 1.82) is 5.26 Å². The van der Waals surface area contributed by atoms with Gasteiger partial charge in [0.05, 0.1) is 29.1 Å². The van der Waals surface area contributed by atoms with Crippen molar-refractivity contribution in [3.05, 3.63) is 47.3 Å². The van der Waals surface area contributed by atoms with Crippen LogP contribution in [0.15, 0.2) is 30.5 Å². The normalized spacial score (nSPS) is 15.1. The Bertz CT molecular complexity index is 965. The van der Waals surface area contributed by atoms with Crippen LogP contribution in [0.25, 0.3) is 0 Å². The Morgan fingerprint density at radius 2 is 2.03 bits per heavy atom. The number of rotatable bonds is 8. The van der Waals surface area contributed by atoms with Crippen molar-refractivity contribution in [2.75, 3.05) is 50.6 Å². The molecule has 1 aromatic heterocycles. The highest BCUT2D eigenvalue weighted by molar-refractivity contribution is 6.05. The van der Waals surface area contributed by atoms with E-state index in [1.54, 1.807) is 12.3 Å². The van der Waals surface area contributed by atoms with Crippen LogP contribution in [0.3, 0.4) is 0 Å². The van der Waals surface area contributed by atoms with Crippen molar-refractivity contribution in [2.45, 2.75) is 39.2 Å². The molecule has 1 aliphatic rings. The van der Waals surface area contributed by atoms with Crippen LogP contribution in [-0.4, -0.2) is 56.1 Å². The van der Waals surface area contributed by atoms with Gasteiger partial charge in [-0.25, -0.2) is 0 Å². The third-order valence-corrected chi connectivity index (χ3v) is 6.12. The average molecular weight is 438 g/mol. The Balaban J connectivity index is 1.87. The highest BCUT2D eigenvalue weighted by Gasteiger charge is 2.26. The first kappa shape index (κ1) is 23.8. The molecule has 7 nitrogen and oxygen atoms in total. The van der Waals surface area contributed by atoms with E-state index in [4.69, 9.17) is 10.00 Å². The lowest BCUT2D eigenvalue weighted by molar-refractivity contribution is -0.0268. The largest absolute Gasteiger partial charge is 0.370 e. The monoisotopic (exact) mass is 437 g/mol. The summed E-state index contributed by atoms with van der Waals surface area (Å²) < 4.78 is 6.21. The van der Waals surface area contributed by atoms with Crippen molar-refractivity contribution in [1.82, 2.24) is 9.88 Å². The predicted molar refractivity (Wildman–Crippen MR) is 128 cm³/mol. The van der Waals surface area contributed by atoms with E-state index < -0.39 is 5.60 Å². The molecule has 1 fully saturated rings. The van der Waals surface area contributed by atoms with Gasteiger partial charge in [0.15, 0.2) is 0 Å². The van der Waals surface area contributed by atoms with Gasteiger partial charge in [-0.1, -0.05) is 13.0 Å². The second-order valence-electron chi connectivity index (χ2n) is 9.43. The minimum atomic E-state index is -0.447. The van der Waals surface area contributed by atoms with Crippen molar-refractivity contribution in [3.63, 3.8) is 0 Å². The van der Waals surface area contributed by atoms with Crippen LogP contribution >= 0.6 is 0 Å². The van der Waals surface area contributed by atoms with Gasteiger partial charge in [-0.05, 0) is 70.5 Å². The molecule has 3 rings (SSSR count). The van der Waals surface area contributed by atoms with Crippen LogP contribution in [0, 0.1) is 17.2 Å². The summed E-state index contributed by atoms with van der Waals surface area (Å²) in [5, 5.41) is 12.1. The van der Waals surface area contributed by atoms with E-state index in [0.29, 0.717) is 23.8 Å². The fourth-order valence-corrected chi connectivity index (χ4v) is 3.87. The van der Waals surface area contributed by atoms with E-state index in [1.165, 1.54) is 0 Å². The maximum absolute atomic E-state index is 12.8. The fourth-order valence-electron chi connectivity index (χ4n) is 3.87. The number of H-pyrrole nitrogens is 1. The Hall–Kier alpha value is -2.82. The number of carbonyl (C=O) groups is 1. The molecule has 0 radical (unpaired) electrons. The lowest BCUT2D eigenvalue weighted by Gasteiger charge is -2.35. The third kappa shape index (κ3) is 5.90.